The van der Waals surface area contributed by atoms with Gasteiger partial charge < -0.3 is 0 Å². The van der Waals surface area contributed by atoms with Gasteiger partial charge in [0.05, 0.1) is 10.4 Å². The number of nitrogens with one attached hydrogen (secondary N) is 1. The van der Waals surface area contributed by atoms with Crippen LogP contribution < -0.4 is 0 Å². The van der Waals surface area contributed by atoms with E-state index in [4.69, 9.17) is 23.2 Å². The van der Waals surface area contributed by atoms with Crippen LogP contribution >= 0.6 is 23.2 Å². The average Bonchev–Trinajstić information content (AvgIpc) is 2.73. The Morgan fingerprint density at radius 1 is 1.11 bits per heavy atom. The van der Waals surface area contributed by atoms with Crippen LogP contribution in [0.4, 0.5) is 0 Å². The van der Waals surface area contributed by atoms with Crippen molar-refractivity contribution in [3.63, 3.8) is 0 Å². The van der Waals surface area contributed by atoms with Crippen molar-refractivity contribution in [2.45, 2.75) is 6.92 Å². The van der Waals surface area contributed by atoms with Crippen LogP contribution in [0.3, 0.4) is 0 Å². The van der Waals surface area contributed by atoms with Crippen molar-refractivity contribution in [1.29, 1.82) is 0 Å². The van der Waals surface area contributed by atoms with Crippen molar-refractivity contribution < 1.29 is 0 Å². The molecule has 0 saturated heterocycles. The molecule has 4 nitrogen and oxygen atoms in total. The molecule has 3 aromatic rings. The van der Waals surface area contributed by atoms with Gasteiger partial charge in [0.15, 0.2) is 5.65 Å². The third kappa shape index (κ3) is 1.74. The standard InChI is InChI=1S/C12H8Cl2N4/c1-6-15-11(14)9-10(17-18-12(9)16-6)7-4-2-3-5-8(7)13/h2-5H,1H3,(H,15,16,17,18). The molecule has 0 atom stereocenters. The predicted molar refractivity (Wildman–Crippen MR) is 71.9 cm³/mol. The molecule has 0 amide bonds. The van der Waals surface area contributed by atoms with E-state index in [1.165, 1.54) is 0 Å². The van der Waals surface area contributed by atoms with Crippen molar-refractivity contribution >= 4 is 34.2 Å². The van der Waals surface area contributed by atoms with Crippen LogP contribution in [0.1, 0.15) is 5.82 Å². The molecule has 0 fully saturated rings. The Bertz CT molecular complexity index is 736. The van der Waals surface area contributed by atoms with E-state index >= 15 is 0 Å². The molecular formula is C12H8Cl2N4. The molecule has 2 aromatic heterocycles. The van der Waals surface area contributed by atoms with E-state index in [0.29, 0.717) is 32.7 Å². The van der Waals surface area contributed by atoms with E-state index in [2.05, 4.69) is 20.2 Å². The van der Waals surface area contributed by atoms with Gasteiger partial charge in [-0.05, 0) is 13.0 Å². The molecule has 18 heavy (non-hydrogen) atoms. The summed E-state index contributed by atoms with van der Waals surface area (Å²) in [4.78, 5) is 8.40. The Labute approximate surface area is 113 Å². The normalized spacial score (nSPS) is 11.1. The molecule has 0 saturated carbocycles. The van der Waals surface area contributed by atoms with Gasteiger partial charge >= 0.3 is 0 Å². The van der Waals surface area contributed by atoms with E-state index in [9.17, 15) is 0 Å². The quantitative estimate of drug-likeness (QED) is 0.692. The maximum Gasteiger partial charge on any atom is 0.161 e. The number of hydrogen-bond donors (Lipinski definition) is 1. The number of fused-ring (bicyclic) bond motifs is 1. The lowest BCUT2D eigenvalue weighted by atomic mass is 10.1. The Balaban J connectivity index is 2.35. The summed E-state index contributed by atoms with van der Waals surface area (Å²) in [6, 6.07) is 7.45. The number of H-pyrrole nitrogens is 1. The molecule has 0 aliphatic carbocycles. The second-order valence-electron chi connectivity index (χ2n) is 3.84. The highest BCUT2D eigenvalue weighted by atomic mass is 35.5. The number of rotatable bonds is 1. The first-order chi connectivity index (χ1) is 8.66. The molecule has 6 heteroatoms. The second-order valence-corrected chi connectivity index (χ2v) is 4.60. The lowest BCUT2D eigenvalue weighted by Crippen LogP contribution is -1.89. The van der Waals surface area contributed by atoms with E-state index in [-0.39, 0.29) is 0 Å². The molecule has 0 bridgehead atoms. The minimum atomic E-state index is 0.376. The van der Waals surface area contributed by atoms with E-state index in [1.54, 1.807) is 13.0 Å². The largest absolute Gasteiger partial charge is 0.260 e. The molecular weight excluding hydrogens is 271 g/mol. The first kappa shape index (κ1) is 11.4. The monoisotopic (exact) mass is 278 g/mol. The highest BCUT2D eigenvalue weighted by Crippen LogP contribution is 2.33. The Hall–Kier alpha value is -1.65. The number of nitrogens with zero attached hydrogens (tertiary/aromatic N) is 3. The van der Waals surface area contributed by atoms with E-state index in [1.807, 2.05) is 18.2 Å². The summed E-state index contributed by atoms with van der Waals surface area (Å²) in [6.45, 7) is 1.78. The van der Waals surface area contributed by atoms with Crippen LogP contribution in [0.25, 0.3) is 22.3 Å². The first-order valence-electron chi connectivity index (χ1n) is 5.30. The van der Waals surface area contributed by atoms with Crippen LogP contribution in [-0.4, -0.2) is 20.2 Å². The van der Waals surface area contributed by atoms with E-state index in [0.717, 1.165) is 5.56 Å². The summed E-state index contributed by atoms with van der Waals surface area (Å²) >= 11 is 12.3. The van der Waals surface area contributed by atoms with Crippen molar-refractivity contribution in [1.82, 2.24) is 20.2 Å². The number of aromatic nitrogens is 4. The minimum absolute atomic E-state index is 0.376. The average molecular weight is 279 g/mol. The number of halogens is 2. The fraction of sp³-hybridized carbons (Fsp3) is 0.0833. The molecule has 0 radical (unpaired) electrons. The van der Waals surface area contributed by atoms with Crippen LogP contribution in [0.2, 0.25) is 10.2 Å². The highest BCUT2D eigenvalue weighted by molar-refractivity contribution is 6.36. The molecule has 0 spiro atoms. The maximum atomic E-state index is 6.16. The van der Waals surface area contributed by atoms with Gasteiger partial charge in [-0.3, -0.25) is 5.10 Å². The molecule has 0 unspecified atom stereocenters. The lowest BCUT2D eigenvalue weighted by molar-refractivity contribution is 1.05. The second kappa shape index (κ2) is 4.23. The SMILES string of the molecule is Cc1nc(Cl)c2c(-c3ccccc3Cl)n[nH]c2n1. The summed E-state index contributed by atoms with van der Waals surface area (Å²) in [7, 11) is 0. The van der Waals surface area contributed by atoms with Gasteiger partial charge in [-0.1, -0.05) is 41.4 Å². The molecule has 2 heterocycles. The smallest absolute Gasteiger partial charge is 0.161 e. The topological polar surface area (TPSA) is 54.5 Å². The number of benzene rings is 1. The van der Waals surface area contributed by atoms with Crippen molar-refractivity contribution in [3.8, 4) is 11.3 Å². The van der Waals surface area contributed by atoms with Crippen molar-refractivity contribution in [2.24, 2.45) is 0 Å². The summed E-state index contributed by atoms with van der Waals surface area (Å²) in [5, 5.41) is 8.76. The fourth-order valence-corrected chi connectivity index (χ4v) is 2.37. The minimum Gasteiger partial charge on any atom is -0.260 e. The van der Waals surface area contributed by atoms with Crippen LogP contribution in [0.15, 0.2) is 24.3 Å². The third-order valence-corrected chi connectivity index (χ3v) is 3.22. The summed E-state index contributed by atoms with van der Waals surface area (Å²) in [5.74, 6) is 0.599. The molecule has 3 rings (SSSR count). The van der Waals surface area contributed by atoms with E-state index < -0.39 is 0 Å². The summed E-state index contributed by atoms with van der Waals surface area (Å²) < 4.78 is 0. The molecule has 1 N–H and O–H groups in total. The zero-order chi connectivity index (χ0) is 12.7. The number of aryl methyl sites for hydroxylation is 1. The van der Waals surface area contributed by atoms with Gasteiger partial charge in [-0.15, -0.1) is 0 Å². The van der Waals surface area contributed by atoms with Gasteiger partial charge in [0, 0.05) is 5.56 Å². The Morgan fingerprint density at radius 3 is 2.67 bits per heavy atom. The molecule has 0 aliphatic heterocycles. The van der Waals surface area contributed by atoms with Gasteiger partial charge in [0.25, 0.3) is 0 Å². The van der Waals surface area contributed by atoms with Gasteiger partial charge in [-0.2, -0.15) is 5.10 Å². The Morgan fingerprint density at radius 2 is 1.89 bits per heavy atom. The molecule has 1 aromatic carbocycles. The molecule has 90 valence electrons. The van der Waals surface area contributed by atoms with Crippen LogP contribution in [-0.2, 0) is 0 Å². The van der Waals surface area contributed by atoms with Gasteiger partial charge in [-0.25, -0.2) is 9.97 Å². The summed E-state index contributed by atoms with van der Waals surface area (Å²) in [5.41, 5.74) is 2.09. The van der Waals surface area contributed by atoms with Gasteiger partial charge in [0.1, 0.15) is 16.7 Å². The predicted octanol–water partition coefficient (Wildman–Crippen LogP) is 3.64. The van der Waals surface area contributed by atoms with Crippen LogP contribution in [0, 0.1) is 6.92 Å². The Kier molecular flexibility index (Phi) is 2.69. The van der Waals surface area contributed by atoms with Crippen molar-refractivity contribution in [2.75, 3.05) is 0 Å². The first-order valence-corrected chi connectivity index (χ1v) is 6.05. The van der Waals surface area contributed by atoms with Gasteiger partial charge in [0.2, 0.25) is 0 Å². The maximum absolute atomic E-state index is 6.16. The number of hydrogen-bond acceptors (Lipinski definition) is 3. The lowest BCUT2D eigenvalue weighted by Gasteiger charge is -2.01. The zero-order valence-electron chi connectivity index (χ0n) is 9.41. The number of aromatic amines is 1. The summed E-state index contributed by atoms with van der Waals surface area (Å²) in [6.07, 6.45) is 0. The van der Waals surface area contributed by atoms with Crippen LogP contribution in [0.5, 0.6) is 0 Å². The highest BCUT2D eigenvalue weighted by Gasteiger charge is 2.15. The zero-order valence-corrected chi connectivity index (χ0v) is 10.9. The van der Waals surface area contributed by atoms with Crippen molar-refractivity contribution in [3.05, 3.63) is 40.3 Å². The fourth-order valence-electron chi connectivity index (χ4n) is 1.84. The third-order valence-electron chi connectivity index (χ3n) is 2.62. The molecule has 0 aliphatic rings.